The second-order valence-electron chi connectivity index (χ2n) is 7.61. The minimum absolute atomic E-state index is 0. The first kappa shape index (κ1) is 20.2. The van der Waals surface area contributed by atoms with Crippen molar-refractivity contribution in [2.45, 2.75) is 64.2 Å². The number of halogens is 1. The highest BCUT2D eigenvalue weighted by molar-refractivity contribution is 5.85. The van der Waals surface area contributed by atoms with E-state index in [-0.39, 0.29) is 24.2 Å². The number of piperidine rings is 2. The summed E-state index contributed by atoms with van der Waals surface area (Å²) in [6.45, 7) is 7.49. The Hall–Kier alpha value is -1.10. The molecule has 0 radical (unpaired) electrons. The van der Waals surface area contributed by atoms with Gasteiger partial charge in [0.05, 0.1) is 0 Å². The maximum Gasteiger partial charge on any atom is 0.223 e. The second kappa shape index (κ2) is 9.56. The number of rotatable bonds is 4. The molecule has 2 N–H and O–H groups in total. The molecule has 4 nitrogen and oxygen atoms in total. The van der Waals surface area contributed by atoms with Crippen LogP contribution in [0, 0.1) is 5.92 Å². The summed E-state index contributed by atoms with van der Waals surface area (Å²) >= 11 is 0. The van der Waals surface area contributed by atoms with E-state index >= 15 is 0 Å². The number of likely N-dealkylation sites (tertiary alicyclic amines) is 1. The van der Waals surface area contributed by atoms with Crippen LogP contribution in [-0.2, 0) is 11.3 Å². The molecular formula is C20H32ClN3O. The van der Waals surface area contributed by atoms with E-state index in [9.17, 15) is 4.79 Å². The summed E-state index contributed by atoms with van der Waals surface area (Å²) in [5.74, 6) is 0.468. The zero-order valence-electron chi connectivity index (χ0n) is 15.4. The lowest BCUT2D eigenvalue weighted by molar-refractivity contribution is -0.127. The third-order valence-electron chi connectivity index (χ3n) is 5.58. The third kappa shape index (κ3) is 5.70. The largest absolute Gasteiger partial charge is 0.353 e. The molecule has 0 aromatic heterocycles. The Balaban J connectivity index is 0.00000225. The van der Waals surface area contributed by atoms with E-state index in [1.54, 1.807) is 0 Å². The average molecular weight is 366 g/mol. The van der Waals surface area contributed by atoms with Gasteiger partial charge in [0.2, 0.25) is 5.91 Å². The fraction of sp³-hybridized carbons (Fsp3) is 0.650. The Morgan fingerprint density at radius 3 is 2.64 bits per heavy atom. The molecule has 0 bridgehead atoms. The molecule has 2 fully saturated rings. The lowest BCUT2D eigenvalue weighted by Crippen LogP contribution is -2.51. The number of nitrogens with one attached hydrogen (secondary N) is 2. The predicted octanol–water partition coefficient (Wildman–Crippen LogP) is 2.97. The lowest BCUT2D eigenvalue weighted by Gasteiger charge is -2.38. The van der Waals surface area contributed by atoms with Gasteiger partial charge < -0.3 is 10.6 Å². The first-order valence-electron chi connectivity index (χ1n) is 9.43. The van der Waals surface area contributed by atoms with E-state index in [1.807, 2.05) is 0 Å². The summed E-state index contributed by atoms with van der Waals surface area (Å²) < 4.78 is 0. The summed E-state index contributed by atoms with van der Waals surface area (Å²) in [4.78, 5) is 15.1. The molecule has 0 aliphatic carbocycles. The smallest absolute Gasteiger partial charge is 0.223 e. The van der Waals surface area contributed by atoms with Crippen molar-refractivity contribution < 1.29 is 4.79 Å². The van der Waals surface area contributed by atoms with Crippen LogP contribution < -0.4 is 10.6 Å². The van der Waals surface area contributed by atoms with Gasteiger partial charge in [0.25, 0.3) is 0 Å². The molecule has 0 spiro atoms. The van der Waals surface area contributed by atoms with Crippen molar-refractivity contribution in [3.63, 3.8) is 0 Å². The molecule has 2 heterocycles. The quantitative estimate of drug-likeness (QED) is 0.862. The van der Waals surface area contributed by atoms with Crippen molar-refractivity contribution in [2.75, 3.05) is 13.1 Å². The maximum atomic E-state index is 12.5. The number of carbonyl (C=O) groups is 1. The van der Waals surface area contributed by atoms with E-state index in [4.69, 9.17) is 0 Å². The summed E-state index contributed by atoms with van der Waals surface area (Å²) in [6, 6.07) is 12.0. The minimum atomic E-state index is 0. The molecule has 4 atom stereocenters. The summed E-state index contributed by atoms with van der Waals surface area (Å²) in [7, 11) is 0. The van der Waals surface area contributed by atoms with Gasteiger partial charge >= 0.3 is 0 Å². The van der Waals surface area contributed by atoms with Gasteiger partial charge in [-0.25, -0.2) is 0 Å². The van der Waals surface area contributed by atoms with Crippen molar-refractivity contribution in [3.05, 3.63) is 35.9 Å². The Morgan fingerprint density at radius 2 is 1.96 bits per heavy atom. The van der Waals surface area contributed by atoms with Crippen LogP contribution in [-0.4, -0.2) is 42.0 Å². The molecular weight excluding hydrogens is 334 g/mol. The highest BCUT2D eigenvalue weighted by atomic mass is 35.5. The molecule has 2 aliphatic rings. The van der Waals surface area contributed by atoms with Crippen molar-refractivity contribution in [3.8, 4) is 0 Å². The number of hydrogen-bond donors (Lipinski definition) is 2. The first-order valence-corrected chi connectivity index (χ1v) is 9.43. The number of nitrogens with zero attached hydrogens (tertiary/aromatic N) is 1. The summed E-state index contributed by atoms with van der Waals surface area (Å²) in [5.41, 5.74) is 1.37. The first-order chi connectivity index (χ1) is 11.6. The van der Waals surface area contributed by atoms with Crippen LogP contribution in [0.4, 0.5) is 0 Å². The Bertz CT molecular complexity index is 539. The van der Waals surface area contributed by atoms with Gasteiger partial charge in [0.15, 0.2) is 0 Å². The fourth-order valence-electron chi connectivity index (χ4n) is 4.09. The van der Waals surface area contributed by atoms with Crippen LogP contribution in [0.3, 0.4) is 0 Å². The number of hydrogen-bond acceptors (Lipinski definition) is 3. The highest BCUT2D eigenvalue weighted by Gasteiger charge is 2.30. The van der Waals surface area contributed by atoms with Crippen LogP contribution in [0.5, 0.6) is 0 Å². The van der Waals surface area contributed by atoms with Gasteiger partial charge in [-0.1, -0.05) is 30.3 Å². The molecule has 3 rings (SSSR count). The van der Waals surface area contributed by atoms with E-state index in [1.165, 1.54) is 5.56 Å². The highest BCUT2D eigenvalue weighted by Crippen LogP contribution is 2.22. The van der Waals surface area contributed by atoms with E-state index in [0.29, 0.717) is 18.1 Å². The molecule has 5 heteroatoms. The van der Waals surface area contributed by atoms with Gasteiger partial charge in [0.1, 0.15) is 0 Å². The zero-order chi connectivity index (χ0) is 16.9. The van der Waals surface area contributed by atoms with Crippen LogP contribution in [0.1, 0.15) is 45.1 Å². The number of benzene rings is 1. The van der Waals surface area contributed by atoms with Crippen LogP contribution >= 0.6 is 12.4 Å². The second-order valence-corrected chi connectivity index (χ2v) is 7.61. The van der Waals surface area contributed by atoms with Gasteiger partial charge in [0, 0.05) is 37.1 Å². The Kier molecular flexibility index (Phi) is 7.73. The molecule has 1 aromatic carbocycles. The standard InChI is InChI=1S/C20H31N3O.ClH/c1-15-12-18(8-10-21-15)20(24)22-19-9-11-23(16(2)13-19)14-17-6-4-3-5-7-17;/h3-7,15-16,18-19,21H,8-14H2,1-2H3,(H,22,24);1H/t15-,16?,18-,19?;/m0./s1. The Morgan fingerprint density at radius 1 is 1.20 bits per heavy atom. The SMILES string of the molecule is CC1CC(NC(=O)[C@H]2CCN[C@@H](C)C2)CCN1Cc1ccccc1.Cl. The van der Waals surface area contributed by atoms with Gasteiger partial charge in [-0.2, -0.15) is 0 Å². The molecule has 25 heavy (non-hydrogen) atoms. The zero-order valence-corrected chi connectivity index (χ0v) is 16.2. The molecule has 2 saturated heterocycles. The van der Waals surface area contributed by atoms with Crippen molar-refractivity contribution in [2.24, 2.45) is 5.92 Å². The van der Waals surface area contributed by atoms with Crippen LogP contribution in [0.2, 0.25) is 0 Å². The topological polar surface area (TPSA) is 44.4 Å². The van der Waals surface area contributed by atoms with Crippen molar-refractivity contribution >= 4 is 18.3 Å². The summed E-state index contributed by atoms with van der Waals surface area (Å²) in [5, 5.41) is 6.75. The average Bonchev–Trinajstić information content (AvgIpc) is 2.58. The van der Waals surface area contributed by atoms with E-state index in [2.05, 4.69) is 59.7 Å². The van der Waals surface area contributed by atoms with E-state index < -0.39 is 0 Å². The number of amides is 1. The third-order valence-corrected chi connectivity index (χ3v) is 5.58. The summed E-state index contributed by atoms with van der Waals surface area (Å²) in [6.07, 6.45) is 4.05. The predicted molar refractivity (Wildman–Crippen MR) is 105 cm³/mol. The molecule has 1 aromatic rings. The monoisotopic (exact) mass is 365 g/mol. The number of carbonyl (C=O) groups excluding carboxylic acids is 1. The van der Waals surface area contributed by atoms with Gasteiger partial charge in [-0.3, -0.25) is 9.69 Å². The molecule has 1 amide bonds. The van der Waals surface area contributed by atoms with Crippen LogP contribution in [0.25, 0.3) is 0 Å². The molecule has 2 aliphatic heterocycles. The van der Waals surface area contributed by atoms with Gasteiger partial charge in [-0.15, -0.1) is 12.4 Å². The maximum absolute atomic E-state index is 12.5. The van der Waals surface area contributed by atoms with Crippen LogP contribution in [0.15, 0.2) is 30.3 Å². The molecule has 2 unspecified atom stereocenters. The Labute approximate surface area is 158 Å². The van der Waals surface area contributed by atoms with E-state index in [0.717, 1.165) is 45.3 Å². The fourth-order valence-corrected chi connectivity index (χ4v) is 4.09. The van der Waals surface area contributed by atoms with Crippen molar-refractivity contribution in [1.82, 2.24) is 15.5 Å². The molecule has 140 valence electrons. The molecule has 0 saturated carbocycles. The lowest BCUT2D eigenvalue weighted by atomic mass is 9.91. The minimum Gasteiger partial charge on any atom is -0.353 e. The van der Waals surface area contributed by atoms with Crippen molar-refractivity contribution in [1.29, 1.82) is 0 Å². The van der Waals surface area contributed by atoms with Gasteiger partial charge in [-0.05, 0) is 51.6 Å². The normalized spacial score (nSPS) is 30.3.